The molecular weight excluding hydrogens is 338 g/mol. The topological polar surface area (TPSA) is 65.3 Å². The second kappa shape index (κ2) is 7.68. The van der Waals surface area contributed by atoms with Crippen LogP contribution in [0.4, 0.5) is 5.82 Å². The lowest BCUT2D eigenvalue weighted by Gasteiger charge is -2.40. The molecule has 1 atom stereocenters. The quantitative estimate of drug-likeness (QED) is 0.838. The fourth-order valence-corrected chi connectivity index (χ4v) is 3.30. The first-order chi connectivity index (χ1) is 12.1. The Bertz CT molecular complexity index is 791. The first kappa shape index (κ1) is 17.5. The summed E-state index contributed by atoms with van der Waals surface area (Å²) in [6, 6.07) is 9.88. The number of piperazine rings is 1. The minimum Gasteiger partial charge on any atom is -0.481 e. The molecule has 3 heterocycles. The summed E-state index contributed by atoms with van der Waals surface area (Å²) in [6.45, 7) is 5.50. The monoisotopic (exact) mass is 357 g/mol. The Balaban J connectivity index is 1.67. The van der Waals surface area contributed by atoms with Gasteiger partial charge >= 0.3 is 0 Å². The van der Waals surface area contributed by atoms with Gasteiger partial charge in [0.2, 0.25) is 5.88 Å². The Morgan fingerprint density at radius 2 is 2.24 bits per heavy atom. The second-order valence-electron chi connectivity index (χ2n) is 6.08. The van der Waals surface area contributed by atoms with E-state index in [1.54, 1.807) is 19.4 Å². The lowest BCUT2D eigenvalue weighted by Crippen LogP contribution is -2.51. The van der Waals surface area contributed by atoms with E-state index in [1.807, 2.05) is 18.2 Å². The van der Waals surface area contributed by atoms with Gasteiger partial charge in [-0.2, -0.15) is 5.26 Å². The lowest BCUT2D eigenvalue weighted by molar-refractivity contribution is 0.178. The molecule has 3 rings (SSSR count). The molecule has 130 valence electrons. The molecule has 25 heavy (non-hydrogen) atoms. The van der Waals surface area contributed by atoms with Gasteiger partial charge in [0, 0.05) is 44.5 Å². The number of hydrogen-bond donors (Lipinski definition) is 0. The van der Waals surface area contributed by atoms with Crippen molar-refractivity contribution in [1.82, 2.24) is 14.9 Å². The van der Waals surface area contributed by atoms with E-state index in [0.717, 1.165) is 37.7 Å². The molecule has 0 spiro atoms. The van der Waals surface area contributed by atoms with E-state index >= 15 is 0 Å². The van der Waals surface area contributed by atoms with Gasteiger partial charge in [0.1, 0.15) is 11.9 Å². The van der Waals surface area contributed by atoms with E-state index in [9.17, 15) is 0 Å². The molecule has 1 unspecified atom stereocenters. The van der Waals surface area contributed by atoms with E-state index < -0.39 is 0 Å². The summed E-state index contributed by atoms with van der Waals surface area (Å²) < 4.78 is 5.19. The Morgan fingerprint density at radius 1 is 1.40 bits per heavy atom. The zero-order chi connectivity index (χ0) is 17.8. The van der Waals surface area contributed by atoms with Crippen LogP contribution in [0.1, 0.15) is 18.2 Å². The largest absolute Gasteiger partial charge is 0.481 e. The van der Waals surface area contributed by atoms with Crippen LogP contribution in [0.25, 0.3) is 0 Å². The molecule has 0 aromatic carbocycles. The zero-order valence-electron chi connectivity index (χ0n) is 14.3. The van der Waals surface area contributed by atoms with E-state index in [2.05, 4.69) is 32.8 Å². The average molecular weight is 358 g/mol. The molecular formula is C18H20ClN5O. The highest BCUT2D eigenvalue weighted by Crippen LogP contribution is 2.26. The molecule has 0 amide bonds. The number of nitriles is 1. The van der Waals surface area contributed by atoms with Crippen LogP contribution in [0.2, 0.25) is 5.02 Å². The maximum atomic E-state index is 8.93. The van der Waals surface area contributed by atoms with Crippen molar-refractivity contribution in [3.8, 4) is 11.9 Å². The summed E-state index contributed by atoms with van der Waals surface area (Å²) in [5.41, 5.74) is 1.47. The molecule has 2 aromatic heterocycles. The molecule has 0 bridgehead atoms. The molecule has 7 heteroatoms. The van der Waals surface area contributed by atoms with Crippen molar-refractivity contribution < 1.29 is 4.74 Å². The smallest absolute Gasteiger partial charge is 0.213 e. The first-order valence-electron chi connectivity index (χ1n) is 8.15. The standard InChI is InChI=1S/C18H20ClN5O/c1-13-11-24(18-16(19)8-14(9-20)10-21-18)7-6-23(13)12-15-4-3-5-17(22-15)25-2/h3-5,8,10,13H,6-7,11-12H2,1-2H3. The van der Waals surface area contributed by atoms with Crippen molar-refractivity contribution in [1.29, 1.82) is 5.26 Å². The third-order valence-electron chi connectivity index (χ3n) is 4.37. The number of rotatable bonds is 4. The van der Waals surface area contributed by atoms with Crippen molar-refractivity contribution in [2.75, 3.05) is 31.6 Å². The van der Waals surface area contributed by atoms with E-state index in [4.69, 9.17) is 21.6 Å². The molecule has 0 N–H and O–H groups in total. The molecule has 1 saturated heterocycles. The van der Waals surface area contributed by atoms with Gasteiger partial charge in [0.25, 0.3) is 0 Å². The SMILES string of the molecule is COc1cccc(CN2CCN(c3ncc(C#N)cc3Cl)CC2C)n1. The average Bonchev–Trinajstić information content (AvgIpc) is 2.63. The number of methoxy groups -OCH3 is 1. The van der Waals surface area contributed by atoms with Crippen LogP contribution in [0.15, 0.2) is 30.5 Å². The number of anilines is 1. The maximum Gasteiger partial charge on any atom is 0.213 e. The molecule has 0 radical (unpaired) electrons. The van der Waals surface area contributed by atoms with Gasteiger partial charge in [-0.1, -0.05) is 17.7 Å². The third kappa shape index (κ3) is 4.01. The van der Waals surface area contributed by atoms with E-state index in [-0.39, 0.29) is 0 Å². The van der Waals surface area contributed by atoms with Gasteiger partial charge in [-0.3, -0.25) is 4.90 Å². The van der Waals surface area contributed by atoms with Crippen LogP contribution >= 0.6 is 11.6 Å². The van der Waals surface area contributed by atoms with Crippen LogP contribution in [0.3, 0.4) is 0 Å². The minimum atomic E-state index is 0.329. The zero-order valence-corrected chi connectivity index (χ0v) is 15.1. The summed E-state index contributed by atoms with van der Waals surface area (Å²) in [7, 11) is 1.63. The number of hydrogen-bond acceptors (Lipinski definition) is 6. The van der Waals surface area contributed by atoms with Crippen molar-refractivity contribution in [2.24, 2.45) is 0 Å². The summed E-state index contributed by atoms with van der Waals surface area (Å²) >= 11 is 6.30. The van der Waals surface area contributed by atoms with Crippen LogP contribution in [0, 0.1) is 11.3 Å². The van der Waals surface area contributed by atoms with Crippen LogP contribution < -0.4 is 9.64 Å². The third-order valence-corrected chi connectivity index (χ3v) is 4.65. The molecule has 6 nitrogen and oxygen atoms in total. The van der Waals surface area contributed by atoms with Crippen LogP contribution in [-0.2, 0) is 6.54 Å². The highest BCUT2D eigenvalue weighted by Gasteiger charge is 2.26. The predicted molar refractivity (Wildman–Crippen MR) is 96.8 cm³/mol. The number of ether oxygens (including phenoxy) is 1. The molecule has 1 aliphatic rings. The Hall–Kier alpha value is -2.36. The van der Waals surface area contributed by atoms with Gasteiger partial charge in [-0.15, -0.1) is 0 Å². The Morgan fingerprint density at radius 3 is 2.92 bits per heavy atom. The first-order valence-corrected chi connectivity index (χ1v) is 8.53. The van der Waals surface area contributed by atoms with Crippen molar-refractivity contribution in [3.05, 3.63) is 46.7 Å². The van der Waals surface area contributed by atoms with Crippen molar-refractivity contribution >= 4 is 17.4 Å². The summed E-state index contributed by atoms with van der Waals surface area (Å²) in [5, 5.41) is 9.46. The van der Waals surface area contributed by atoms with Gasteiger partial charge in [-0.05, 0) is 19.1 Å². The van der Waals surface area contributed by atoms with Crippen molar-refractivity contribution in [3.63, 3.8) is 0 Å². The summed E-state index contributed by atoms with van der Waals surface area (Å²) in [4.78, 5) is 13.4. The predicted octanol–water partition coefficient (Wildman–Crippen LogP) is 2.72. The Labute approximate surface area is 152 Å². The van der Waals surface area contributed by atoms with E-state index in [0.29, 0.717) is 22.5 Å². The summed E-state index contributed by atoms with van der Waals surface area (Å²) in [5.74, 6) is 1.38. The maximum absolute atomic E-state index is 8.93. The number of halogens is 1. The van der Waals surface area contributed by atoms with Crippen molar-refractivity contribution in [2.45, 2.75) is 19.5 Å². The van der Waals surface area contributed by atoms with Gasteiger partial charge < -0.3 is 9.64 Å². The summed E-state index contributed by atoms with van der Waals surface area (Å²) in [6.07, 6.45) is 1.57. The van der Waals surface area contributed by atoms with Gasteiger partial charge in [0.05, 0.1) is 23.4 Å². The number of pyridine rings is 2. The molecule has 2 aromatic rings. The van der Waals surface area contributed by atoms with Gasteiger partial charge in [0.15, 0.2) is 0 Å². The number of nitrogens with zero attached hydrogens (tertiary/aromatic N) is 5. The number of aromatic nitrogens is 2. The minimum absolute atomic E-state index is 0.329. The molecule has 0 saturated carbocycles. The van der Waals surface area contributed by atoms with Crippen LogP contribution in [0.5, 0.6) is 5.88 Å². The van der Waals surface area contributed by atoms with Gasteiger partial charge in [-0.25, -0.2) is 9.97 Å². The fourth-order valence-electron chi connectivity index (χ4n) is 3.01. The van der Waals surface area contributed by atoms with Crippen LogP contribution in [-0.4, -0.2) is 47.7 Å². The Kier molecular flexibility index (Phi) is 5.37. The highest BCUT2D eigenvalue weighted by molar-refractivity contribution is 6.33. The molecule has 1 fully saturated rings. The molecule has 0 aliphatic carbocycles. The fraction of sp³-hybridized carbons (Fsp3) is 0.389. The molecule has 1 aliphatic heterocycles. The highest BCUT2D eigenvalue weighted by atomic mass is 35.5. The lowest BCUT2D eigenvalue weighted by atomic mass is 10.1. The second-order valence-corrected chi connectivity index (χ2v) is 6.49. The normalized spacial score (nSPS) is 18.0. The van der Waals surface area contributed by atoms with E-state index in [1.165, 1.54) is 0 Å².